The number of hydrogen-bond acceptors (Lipinski definition) is 9. The molecule has 0 bridgehead atoms. The molecule has 5 heterocycles. The first kappa shape index (κ1) is 23.3. The summed E-state index contributed by atoms with van der Waals surface area (Å²) in [6.45, 7) is 2.30. The molecule has 6 rings (SSSR count). The lowest BCUT2D eigenvalue weighted by Crippen LogP contribution is -2.47. The lowest BCUT2D eigenvalue weighted by molar-refractivity contribution is -0.137. The Morgan fingerprint density at radius 3 is 2.83 bits per heavy atom. The van der Waals surface area contributed by atoms with Gasteiger partial charge in [-0.2, -0.15) is 0 Å². The number of hydrogen-bond donors (Lipinski definition) is 1. The number of methoxy groups -OCH3 is 1. The molecule has 188 valence electrons. The first-order valence-electron chi connectivity index (χ1n) is 12.6. The molecule has 0 spiro atoms. The molecule has 0 aromatic carbocycles. The van der Waals surface area contributed by atoms with E-state index >= 15 is 0 Å². The van der Waals surface area contributed by atoms with Crippen LogP contribution < -0.4 is 10.1 Å². The first-order chi connectivity index (χ1) is 17.5. The zero-order valence-corrected chi connectivity index (χ0v) is 21.8. The Morgan fingerprint density at radius 2 is 2.06 bits per heavy atom. The molecule has 0 saturated carbocycles. The number of rotatable bonds is 5. The Balaban J connectivity index is 1.24. The van der Waals surface area contributed by atoms with Crippen LogP contribution in [0.3, 0.4) is 0 Å². The van der Waals surface area contributed by atoms with Gasteiger partial charge in [0.25, 0.3) is 0 Å². The third-order valence-corrected chi connectivity index (χ3v) is 8.88. The fourth-order valence-corrected chi connectivity index (χ4v) is 6.93. The van der Waals surface area contributed by atoms with Crippen molar-refractivity contribution in [3.05, 3.63) is 34.1 Å². The number of carbonyl (C=O) groups excluding carboxylic acids is 1. The van der Waals surface area contributed by atoms with Gasteiger partial charge in [-0.05, 0) is 57.8 Å². The van der Waals surface area contributed by atoms with Crippen LogP contribution in [0.25, 0.3) is 10.2 Å². The van der Waals surface area contributed by atoms with Crippen molar-refractivity contribution in [3.63, 3.8) is 0 Å². The first-order valence-corrected chi connectivity index (χ1v) is 13.4. The maximum atomic E-state index is 13.4. The van der Waals surface area contributed by atoms with Gasteiger partial charge in [0.15, 0.2) is 0 Å². The smallest absolute Gasteiger partial charge is 0.237 e. The van der Waals surface area contributed by atoms with Gasteiger partial charge in [-0.3, -0.25) is 9.79 Å². The van der Waals surface area contributed by atoms with Crippen molar-refractivity contribution in [2.24, 2.45) is 10.9 Å². The Morgan fingerprint density at radius 1 is 1.22 bits per heavy atom. The summed E-state index contributed by atoms with van der Waals surface area (Å²) in [5.41, 5.74) is 3.93. The lowest BCUT2D eigenvalue weighted by atomic mass is 9.86. The molecule has 0 unspecified atom stereocenters. The average molecular weight is 506 g/mol. The SMILES string of the molecule is COc1nc2c(cc1Nc1ncnc3sc4c(c13)CC[C@H](C(=O)N1CCC(N(C)C)CC1)C4)C=NC2. The Hall–Kier alpha value is -3.11. The summed E-state index contributed by atoms with van der Waals surface area (Å²) in [5, 5.41) is 4.51. The minimum atomic E-state index is 0.0473. The van der Waals surface area contributed by atoms with Crippen LogP contribution >= 0.6 is 11.3 Å². The molecule has 36 heavy (non-hydrogen) atoms. The molecule has 10 heteroatoms. The number of anilines is 2. The minimum absolute atomic E-state index is 0.0473. The normalized spacial score (nSPS) is 19.6. The predicted molar refractivity (Wildman–Crippen MR) is 142 cm³/mol. The summed E-state index contributed by atoms with van der Waals surface area (Å²) >= 11 is 1.69. The highest BCUT2D eigenvalue weighted by atomic mass is 32.1. The summed E-state index contributed by atoms with van der Waals surface area (Å²) in [6, 6.07) is 2.59. The fourth-order valence-electron chi connectivity index (χ4n) is 5.67. The van der Waals surface area contributed by atoms with Crippen LogP contribution in [0.5, 0.6) is 5.88 Å². The molecule has 0 radical (unpaired) electrons. The minimum Gasteiger partial charge on any atom is -0.480 e. The van der Waals surface area contributed by atoms with Crippen LogP contribution in [0.4, 0.5) is 11.5 Å². The number of nitrogens with one attached hydrogen (secondary N) is 1. The van der Waals surface area contributed by atoms with E-state index in [2.05, 4.69) is 49.2 Å². The second-order valence-electron chi connectivity index (χ2n) is 10.0. The van der Waals surface area contributed by atoms with Crippen LogP contribution in [0, 0.1) is 5.92 Å². The number of carbonyl (C=O) groups is 1. The summed E-state index contributed by atoms with van der Waals surface area (Å²) in [5.74, 6) is 1.64. The van der Waals surface area contributed by atoms with Gasteiger partial charge < -0.3 is 19.9 Å². The number of aromatic nitrogens is 3. The van der Waals surface area contributed by atoms with Crippen molar-refractivity contribution < 1.29 is 9.53 Å². The Bertz CT molecular complexity index is 1340. The highest BCUT2D eigenvalue weighted by molar-refractivity contribution is 7.19. The topological polar surface area (TPSA) is 95.8 Å². The van der Waals surface area contributed by atoms with Crippen molar-refractivity contribution in [1.82, 2.24) is 24.8 Å². The molecule has 3 aromatic heterocycles. The number of nitrogens with zero attached hydrogens (tertiary/aromatic N) is 6. The van der Waals surface area contributed by atoms with Crippen LogP contribution in [-0.2, 0) is 24.2 Å². The largest absolute Gasteiger partial charge is 0.480 e. The van der Waals surface area contributed by atoms with Crippen LogP contribution in [-0.4, -0.2) is 77.2 Å². The van der Waals surface area contributed by atoms with E-state index in [0.717, 1.165) is 78.2 Å². The molecule has 3 aromatic rings. The van der Waals surface area contributed by atoms with E-state index in [-0.39, 0.29) is 5.92 Å². The van der Waals surface area contributed by atoms with E-state index < -0.39 is 0 Å². The quantitative estimate of drug-likeness (QED) is 0.568. The zero-order chi connectivity index (χ0) is 24.8. The summed E-state index contributed by atoms with van der Waals surface area (Å²) < 4.78 is 5.55. The number of thiophene rings is 1. The Labute approximate surface area is 214 Å². The third-order valence-electron chi connectivity index (χ3n) is 7.72. The second kappa shape index (κ2) is 9.40. The molecule has 1 fully saturated rings. The van der Waals surface area contributed by atoms with Gasteiger partial charge in [0.05, 0.1) is 24.7 Å². The van der Waals surface area contributed by atoms with Crippen molar-refractivity contribution >= 4 is 45.2 Å². The van der Waals surface area contributed by atoms with Crippen LogP contribution in [0.1, 0.15) is 41.0 Å². The molecular formula is C26H31N7O2S. The monoisotopic (exact) mass is 505 g/mol. The van der Waals surface area contributed by atoms with Crippen molar-refractivity contribution in [2.75, 3.05) is 39.6 Å². The van der Waals surface area contributed by atoms with Gasteiger partial charge in [0, 0.05) is 41.7 Å². The van der Waals surface area contributed by atoms with Gasteiger partial charge in [-0.15, -0.1) is 11.3 Å². The number of pyridine rings is 1. The molecule has 1 saturated heterocycles. The van der Waals surface area contributed by atoms with E-state index in [4.69, 9.17) is 4.74 Å². The number of likely N-dealkylation sites (tertiary alicyclic amines) is 1. The van der Waals surface area contributed by atoms with Crippen molar-refractivity contribution in [3.8, 4) is 5.88 Å². The van der Waals surface area contributed by atoms with E-state index in [1.165, 1.54) is 10.4 Å². The van der Waals surface area contributed by atoms with Crippen LogP contribution in [0.2, 0.25) is 0 Å². The third kappa shape index (κ3) is 4.12. The number of piperidine rings is 1. The van der Waals surface area contributed by atoms with Gasteiger partial charge in [-0.1, -0.05) is 0 Å². The van der Waals surface area contributed by atoms with E-state index in [9.17, 15) is 4.79 Å². The van der Waals surface area contributed by atoms with Gasteiger partial charge in [0.1, 0.15) is 22.7 Å². The van der Waals surface area contributed by atoms with Gasteiger partial charge in [-0.25, -0.2) is 15.0 Å². The molecule has 2 aliphatic heterocycles. The number of ether oxygens (including phenoxy) is 1. The average Bonchev–Trinajstić information content (AvgIpc) is 3.51. The summed E-state index contributed by atoms with van der Waals surface area (Å²) in [6.07, 6.45) is 8.04. The highest BCUT2D eigenvalue weighted by Crippen LogP contribution is 2.41. The van der Waals surface area contributed by atoms with Crippen molar-refractivity contribution in [2.45, 2.75) is 44.7 Å². The number of aryl methyl sites for hydroxylation is 1. The molecule has 1 aliphatic carbocycles. The lowest BCUT2D eigenvalue weighted by Gasteiger charge is -2.37. The van der Waals surface area contributed by atoms with E-state index in [0.29, 0.717) is 24.4 Å². The molecule has 3 aliphatic rings. The Kier molecular flexibility index (Phi) is 6.08. The molecule has 1 atom stereocenters. The molecule has 1 amide bonds. The standard InChI is InChI=1S/C26H31N7O2S/c1-32(2)17-6-8-33(9-7-17)26(34)15-4-5-18-21(11-15)36-25-22(18)23(28-14-29-25)30-19-10-16-12-27-13-20(16)31-24(19)35-3/h10,12,14-15,17H,4-9,11,13H2,1-3H3,(H,28,29,30)/t15-/m0/s1. The maximum absolute atomic E-state index is 13.4. The predicted octanol–water partition coefficient (Wildman–Crippen LogP) is 3.43. The fraction of sp³-hybridized carbons (Fsp3) is 0.500. The maximum Gasteiger partial charge on any atom is 0.237 e. The summed E-state index contributed by atoms with van der Waals surface area (Å²) in [4.78, 5) is 38.0. The van der Waals surface area contributed by atoms with Crippen LogP contribution in [0.15, 0.2) is 17.4 Å². The van der Waals surface area contributed by atoms with Crippen molar-refractivity contribution in [1.29, 1.82) is 0 Å². The number of amides is 1. The highest BCUT2D eigenvalue weighted by Gasteiger charge is 2.33. The molecule has 9 nitrogen and oxygen atoms in total. The van der Waals surface area contributed by atoms with Gasteiger partial charge >= 0.3 is 0 Å². The van der Waals surface area contributed by atoms with Gasteiger partial charge in [0.2, 0.25) is 11.8 Å². The summed E-state index contributed by atoms with van der Waals surface area (Å²) in [7, 11) is 5.88. The van der Waals surface area contributed by atoms with E-state index in [1.807, 2.05) is 12.3 Å². The van der Waals surface area contributed by atoms with E-state index in [1.54, 1.807) is 24.8 Å². The molecular weight excluding hydrogens is 474 g/mol. The number of fused-ring (bicyclic) bond motifs is 4. The zero-order valence-electron chi connectivity index (χ0n) is 21.0. The molecule has 1 N–H and O–H groups in total. The number of aliphatic imine (C=N–C) groups is 1. The second-order valence-corrected chi connectivity index (χ2v) is 11.1.